The molecule has 0 unspecified atom stereocenters. The lowest BCUT2D eigenvalue weighted by atomic mass is 9.84. The molecule has 1 amide bonds. The van der Waals surface area contributed by atoms with Gasteiger partial charge in [0.15, 0.2) is 0 Å². The highest BCUT2D eigenvalue weighted by Crippen LogP contribution is 2.29. The molecule has 0 radical (unpaired) electrons. The van der Waals surface area contributed by atoms with E-state index in [4.69, 9.17) is 4.74 Å². The molecule has 0 fully saturated rings. The Kier molecular flexibility index (Phi) is 6.61. The van der Waals surface area contributed by atoms with Gasteiger partial charge in [-0.25, -0.2) is 4.79 Å². The first kappa shape index (κ1) is 21.3. The number of nitrogens with one attached hydrogen (secondary N) is 1. The third kappa shape index (κ3) is 4.86. The highest BCUT2D eigenvalue weighted by Gasteiger charge is 2.33. The number of carbonyl (C=O) groups is 2. The second kappa shape index (κ2) is 9.92. The smallest absolute Gasteiger partial charge is 0.329 e. The Balaban J connectivity index is 1.62. The minimum absolute atomic E-state index is 0.175. The van der Waals surface area contributed by atoms with Crippen LogP contribution in [0.3, 0.4) is 0 Å². The SMILES string of the molecule is COC(=O)[C@@H](NC(=O)Cc1ccc2ccccc2c1)C(c1ccccc1)c1ccccc1. The van der Waals surface area contributed by atoms with E-state index >= 15 is 0 Å². The number of rotatable bonds is 7. The normalized spacial score (nSPS) is 11.8. The first-order chi connectivity index (χ1) is 15.7. The molecular weight excluding hydrogens is 398 g/mol. The van der Waals surface area contributed by atoms with E-state index in [1.807, 2.05) is 103 Å². The van der Waals surface area contributed by atoms with Gasteiger partial charge >= 0.3 is 5.97 Å². The quantitative estimate of drug-likeness (QED) is 0.432. The number of fused-ring (bicyclic) bond motifs is 1. The number of ether oxygens (including phenoxy) is 1. The van der Waals surface area contributed by atoms with E-state index < -0.39 is 12.0 Å². The molecule has 0 aromatic heterocycles. The second-order valence-electron chi connectivity index (χ2n) is 7.73. The molecule has 0 spiro atoms. The van der Waals surface area contributed by atoms with Crippen LogP contribution >= 0.6 is 0 Å². The van der Waals surface area contributed by atoms with Crippen LogP contribution in [0.4, 0.5) is 0 Å². The molecule has 32 heavy (non-hydrogen) atoms. The molecule has 1 N–H and O–H groups in total. The summed E-state index contributed by atoms with van der Waals surface area (Å²) in [6, 6.07) is 32.5. The molecule has 0 bridgehead atoms. The Hall–Kier alpha value is -3.92. The lowest BCUT2D eigenvalue weighted by molar-refractivity contribution is -0.145. The van der Waals surface area contributed by atoms with Gasteiger partial charge in [0, 0.05) is 5.92 Å². The lowest BCUT2D eigenvalue weighted by Crippen LogP contribution is -2.46. The number of benzene rings is 4. The van der Waals surface area contributed by atoms with Crippen molar-refractivity contribution in [2.24, 2.45) is 0 Å². The molecule has 4 aromatic carbocycles. The van der Waals surface area contributed by atoms with Crippen LogP contribution in [0.1, 0.15) is 22.6 Å². The average Bonchev–Trinajstić information content (AvgIpc) is 2.84. The molecule has 0 aliphatic heterocycles. The van der Waals surface area contributed by atoms with E-state index in [0.717, 1.165) is 27.5 Å². The second-order valence-corrected chi connectivity index (χ2v) is 7.73. The van der Waals surface area contributed by atoms with Crippen LogP contribution in [0.2, 0.25) is 0 Å². The fraction of sp³-hybridized carbons (Fsp3) is 0.143. The van der Waals surface area contributed by atoms with E-state index in [1.165, 1.54) is 7.11 Å². The standard InChI is InChI=1S/C28H25NO3/c1-32-28(31)27(26(22-11-4-2-5-12-22)23-13-6-3-7-14-23)29-25(30)19-20-16-17-21-10-8-9-15-24(21)18-20/h2-18,26-27H,19H2,1H3,(H,29,30)/t27-/m0/s1. The summed E-state index contributed by atoms with van der Waals surface area (Å²) in [5.74, 6) is -1.08. The van der Waals surface area contributed by atoms with Crippen molar-refractivity contribution in [1.82, 2.24) is 5.32 Å². The van der Waals surface area contributed by atoms with E-state index in [-0.39, 0.29) is 18.2 Å². The zero-order chi connectivity index (χ0) is 22.3. The Labute approximate surface area is 187 Å². The summed E-state index contributed by atoms with van der Waals surface area (Å²) >= 11 is 0. The van der Waals surface area contributed by atoms with Crippen LogP contribution in [0.5, 0.6) is 0 Å². The molecule has 4 nitrogen and oxygen atoms in total. The predicted molar refractivity (Wildman–Crippen MR) is 126 cm³/mol. The van der Waals surface area contributed by atoms with Gasteiger partial charge in [0.25, 0.3) is 0 Å². The monoisotopic (exact) mass is 423 g/mol. The Morgan fingerprint density at radius 3 is 1.91 bits per heavy atom. The van der Waals surface area contributed by atoms with Crippen molar-refractivity contribution in [3.63, 3.8) is 0 Å². The van der Waals surface area contributed by atoms with Crippen LogP contribution in [-0.4, -0.2) is 25.0 Å². The first-order valence-electron chi connectivity index (χ1n) is 10.6. The fourth-order valence-corrected chi connectivity index (χ4v) is 4.06. The predicted octanol–water partition coefficient (Wildman–Crippen LogP) is 4.87. The van der Waals surface area contributed by atoms with Gasteiger partial charge in [-0.05, 0) is 27.5 Å². The molecule has 0 aliphatic rings. The molecule has 4 rings (SSSR count). The van der Waals surface area contributed by atoms with E-state index in [0.29, 0.717) is 0 Å². The van der Waals surface area contributed by atoms with Crippen LogP contribution in [-0.2, 0) is 20.7 Å². The molecule has 4 heteroatoms. The van der Waals surface area contributed by atoms with Crippen LogP contribution in [0, 0.1) is 0 Å². The third-order valence-corrected chi connectivity index (χ3v) is 5.60. The van der Waals surface area contributed by atoms with Crippen molar-refractivity contribution in [2.75, 3.05) is 7.11 Å². The van der Waals surface area contributed by atoms with Crippen LogP contribution < -0.4 is 5.32 Å². The minimum atomic E-state index is -0.849. The summed E-state index contributed by atoms with van der Waals surface area (Å²) in [6.45, 7) is 0. The number of hydrogen-bond acceptors (Lipinski definition) is 3. The third-order valence-electron chi connectivity index (χ3n) is 5.60. The maximum atomic E-state index is 13.0. The van der Waals surface area contributed by atoms with Gasteiger partial charge in [-0.15, -0.1) is 0 Å². The summed E-state index contributed by atoms with van der Waals surface area (Å²) in [5.41, 5.74) is 2.75. The molecule has 0 aliphatic carbocycles. The van der Waals surface area contributed by atoms with E-state index in [2.05, 4.69) is 5.32 Å². The Bertz CT molecular complexity index is 1170. The number of methoxy groups -OCH3 is 1. The van der Waals surface area contributed by atoms with Crippen LogP contribution in [0.15, 0.2) is 103 Å². The zero-order valence-corrected chi connectivity index (χ0v) is 17.9. The summed E-state index contributed by atoms with van der Waals surface area (Å²) in [5, 5.41) is 5.15. The van der Waals surface area contributed by atoms with Crippen molar-refractivity contribution < 1.29 is 14.3 Å². The fourth-order valence-electron chi connectivity index (χ4n) is 4.06. The van der Waals surface area contributed by atoms with Crippen molar-refractivity contribution >= 4 is 22.6 Å². The number of amides is 1. The van der Waals surface area contributed by atoms with Crippen LogP contribution in [0.25, 0.3) is 10.8 Å². The van der Waals surface area contributed by atoms with Gasteiger partial charge in [0.2, 0.25) is 5.91 Å². The largest absolute Gasteiger partial charge is 0.467 e. The average molecular weight is 424 g/mol. The highest BCUT2D eigenvalue weighted by molar-refractivity contribution is 5.88. The lowest BCUT2D eigenvalue weighted by Gasteiger charge is -2.27. The minimum Gasteiger partial charge on any atom is -0.467 e. The molecule has 0 saturated heterocycles. The first-order valence-corrected chi connectivity index (χ1v) is 10.6. The molecular formula is C28H25NO3. The van der Waals surface area contributed by atoms with Crippen molar-refractivity contribution in [3.05, 3.63) is 120 Å². The molecule has 0 heterocycles. The summed E-state index contributed by atoms with van der Waals surface area (Å²) in [6.07, 6.45) is 0.175. The Morgan fingerprint density at radius 1 is 0.750 bits per heavy atom. The number of carbonyl (C=O) groups excluding carboxylic acids is 2. The number of esters is 1. The zero-order valence-electron chi connectivity index (χ0n) is 17.9. The Morgan fingerprint density at radius 2 is 1.31 bits per heavy atom. The van der Waals surface area contributed by atoms with Gasteiger partial charge in [0.1, 0.15) is 6.04 Å². The molecule has 160 valence electrons. The van der Waals surface area contributed by atoms with Gasteiger partial charge in [-0.3, -0.25) is 4.79 Å². The van der Waals surface area contributed by atoms with Gasteiger partial charge in [-0.2, -0.15) is 0 Å². The maximum Gasteiger partial charge on any atom is 0.329 e. The van der Waals surface area contributed by atoms with E-state index in [1.54, 1.807) is 0 Å². The summed E-state index contributed by atoms with van der Waals surface area (Å²) in [4.78, 5) is 25.9. The van der Waals surface area contributed by atoms with Gasteiger partial charge < -0.3 is 10.1 Å². The van der Waals surface area contributed by atoms with Crippen molar-refractivity contribution in [3.8, 4) is 0 Å². The summed E-state index contributed by atoms with van der Waals surface area (Å²) in [7, 11) is 1.35. The highest BCUT2D eigenvalue weighted by atomic mass is 16.5. The summed E-state index contributed by atoms with van der Waals surface area (Å²) < 4.78 is 5.09. The van der Waals surface area contributed by atoms with Crippen molar-refractivity contribution in [1.29, 1.82) is 0 Å². The topological polar surface area (TPSA) is 55.4 Å². The maximum absolute atomic E-state index is 13.0. The molecule has 4 aromatic rings. The van der Waals surface area contributed by atoms with Crippen molar-refractivity contribution in [2.45, 2.75) is 18.4 Å². The van der Waals surface area contributed by atoms with Gasteiger partial charge in [-0.1, -0.05) is 103 Å². The number of hydrogen-bond donors (Lipinski definition) is 1. The van der Waals surface area contributed by atoms with E-state index in [9.17, 15) is 9.59 Å². The molecule has 0 saturated carbocycles. The molecule has 1 atom stereocenters. The van der Waals surface area contributed by atoms with Gasteiger partial charge in [0.05, 0.1) is 13.5 Å².